The highest BCUT2D eigenvalue weighted by molar-refractivity contribution is 6.13. The molecule has 290 valence electrons. The molecule has 3 aromatic rings. The summed E-state index contributed by atoms with van der Waals surface area (Å²) in [5.41, 5.74) is 5.00. The number of carbonyl (C=O) groups is 1. The van der Waals surface area contributed by atoms with Gasteiger partial charge in [0.25, 0.3) is 0 Å². The molecule has 0 amide bonds. The Bertz CT molecular complexity index is 1820. The number of ketones is 1. The van der Waals surface area contributed by atoms with Crippen molar-refractivity contribution in [3.05, 3.63) is 107 Å². The molecule has 0 unspecified atom stereocenters. The van der Waals surface area contributed by atoms with E-state index in [0.717, 1.165) is 60.4 Å². The van der Waals surface area contributed by atoms with E-state index in [1.165, 1.54) is 24.8 Å². The number of hydrogen-bond donors (Lipinski definition) is 4. The Balaban J connectivity index is 1.28. The van der Waals surface area contributed by atoms with E-state index in [0.29, 0.717) is 60.7 Å². The van der Waals surface area contributed by atoms with E-state index in [-0.39, 0.29) is 18.3 Å². The molecular formula is C48H63NO5. The lowest BCUT2D eigenvalue weighted by Gasteiger charge is -2.61. The summed E-state index contributed by atoms with van der Waals surface area (Å²) in [6.07, 6.45) is 9.32. The van der Waals surface area contributed by atoms with Gasteiger partial charge in [0.2, 0.25) is 0 Å². The standard InChI is InChI=1S/C48H63NO5/c1-32-11-10-23-47(4)43(22-24-48(47,54)31-49(29-38(52)30-50)28-35-18-19-36-27-44(35)46(36,2)3)40-21-17-33(25-37(51)20-16-32)26-42(40)45(53)41-15-9-8-14-39(41)34-12-6-5-7-13-34/h5-9,11-15,17,21,26,35-38,43-44,50-52,54H,10,16,18-20,22-25,27-31H2,1-4H3/t35-,36-,37-,38-,43-,44-,47-,48+/m0/s1. The summed E-state index contributed by atoms with van der Waals surface area (Å²) in [7, 11) is 0. The van der Waals surface area contributed by atoms with Gasteiger partial charge in [-0.25, -0.2) is 0 Å². The zero-order valence-electron chi connectivity index (χ0n) is 33.0. The predicted octanol–water partition coefficient (Wildman–Crippen LogP) is 8.35. The summed E-state index contributed by atoms with van der Waals surface area (Å²) in [5.74, 6) is 1.80. The van der Waals surface area contributed by atoms with E-state index < -0.39 is 23.2 Å². The van der Waals surface area contributed by atoms with E-state index in [1.54, 1.807) is 0 Å². The normalized spacial score (nSPS) is 31.3. The summed E-state index contributed by atoms with van der Waals surface area (Å²) in [5, 5.41) is 45.1. The van der Waals surface area contributed by atoms with Crippen LogP contribution in [0.1, 0.15) is 118 Å². The Morgan fingerprint density at radius 2 is 1.69 bits per heavy atom. The van der Waals surface area contributed by atoms with Crippen molar-refractivity contribution in [2.24, 2.45) is 28.6 Å². The van der Waals surface area contributed by atoms with Crippen LogP contribution in [-0.4, -0.2) is 75.2 Å². The van der Waals surface area contributed by atoms with Crippen LogP contribution in [-0.2, 0) is 6.42 Å². The zero-order valence-corrected chi connectivity index (χ0v) is 33.0. The number of allylic oxidation sites excluding steroid dienone is 2. The number of hydrogen-bond acceptors (Lipinski definition) is 6. The lowest BCUT2D eigenvalue weighted by atomic mass is 9.45. The zero-order chi connectivity index (χ0) is 38.3. The second kappa shape index (κ2) is 15.8. The van der Waals surface area contributed by atoms with E-state index in [9.17, 15) is 20.4 Å². The summed E-state index contributed by atoms with van der Waals surface area (Å²) in [4.78, 5) is 17.3. The van der Waals surface area contributed by atoms with Gasteiger partial charge in [-0.05, 0) is 129 Å². The Morgan fingerprint density at radius 1 is 0.926 bits per heavy atom. The third kappa shape index (κ3) is 7.54. The van der Waals surface area contributed by atoms with Gasteiger partial charge in [-0.1, -0.05) is 99.2 Å². The molecule has 0 aliphatic heterocycles. The van der Waals surface area contributed by atoms with Crippen LogP contribution in [0.4, 0.5) is 0 Å². The van der Waals surface area contributed by atoms with Crippen molar-refractivity contribution in [3.8, 4) is 11.1 Å². The average Bonchev–Trinajstić information content (AvgIpc) is 3.42. The first kappa shape index (κ1) is 39.1. The molecule has 6 aliphatic rings. The first-order valence-corrected chi connectivity index (χ1v) is 20.7. The quantitative estimate of drug-likeness (QED) is 0.124. The van der Waals surface area contributed by atoms with Gasteiger partial charge in [-0.3, -0.25) is 9.69 Å². The minimum absolute atomic E-state index is 0.0344. The summed E-state index contributed by atoms with van der Waals surface area (Å²) >= 11 is 0. The topological polar surface area (TPSA) is 101 Å². The maximum absolute atomic E-state index is 15.0. The average molecular weight is 734 g/mol. The molecule has 3 aromatic carbocycles. The first-order chi connectivity index (χ1) is 25.8. The molecule has 0 saturated heterocycles. The maximum atomic E-state index is 15.0. The van der Waals surface area contributed by atoms with Crippen molar-refractivity contribution < 1.29 is 25.2 Å². The SMILES string of the molecule is CC1=CCC[C@@]2(C)[C@@H](CC[C@@]2(O)CN(C[C@H](O)CO)C[C@@H]2CC[C@H]3C[C@@H]2C3(C)C)c2ccc(cc2C(=O)c2ccccc2-c2ccccc2)C[C@@H](O)CC1. The second-order valence-electron chi connectivity index (χ2n) is 18.4. The molecule has 4 N–H and O–H groups in total. The molecule has 8 atom stereocenters. The van der Waals surface area contributed by atoms with Crippen LogP contribution in [0.15, 0.2) is 84.4 Å². The van der Waals surface area contributed by atoms with Gasteiger partial charge in [0.05, 0.1) is 24.4 Å². The Kier molecular flexibility index (Phi) is 11.4. The maximum Gasteiger partial charge on any atom is 0.193 e. The summed E-state index contributed by atoms with van der Waals surface area (Å²) in [6.45, 7) is 10.4. The molecule has 6 nitrogen and oxygen atoms in total. The van der Waals surface area contributed by atoms with Gasteiger partial charge in [-0.2, -0.15) is 0 Å². The molecule has 0 radical (unpaired) electrons. The molecular weight excluding hydrogens is 671 g/mol. The van der Waals surface area contributed by atoms with E-state index in [4.69, 9.17) is 0 Å². The number of carbonyl (C=O) groups excluding carboxylic acids is 1. The Morgan fingerprint density at radius 3 is 2.43 bits per heavy atom. The molecule has 0 aromatic heterocycles. The van der Waals surface area contributed by atoms with Gasteiger partial charge in [0.1, 0.15) is 0 Å². The van der Waals surface area contributed by atoms with Crippen LogP contribution < -0.4 is 0 Å². The molecule has 4 fully saturated rings. The molecule has 9 rings (SSSR count). The van der Waals surface area contributed by atoms with E-state index in [1.807, 2.05) is 60.7 Å². The number of rotatable bonds is 10. The van der Waals surface area contributed by atoms with Crippen molar-refractivity contribution in [1.29, 1.82) is 0 Å². The van der Waals surface area contributed by atoms with Crippen LogP contribution in [0.5, 0.6) is 0 Å². The molecule has 0 heterocycles. The highest BCUT2D eigenvalue weighted by Crippen LogP contribution is 2.62. The Hall–Kier alpha value is -3.13. The lowest BCUT2D eigenvalue weighted by Crippen LogP contribution is -2.58. The fraction of sp³-hybridized carbons (Fsp3) is 0.562. The van der Waals surface area contributed by atoms with Crippen molar-refractivity contribution in [2.75, 3.05) is 26.2 Å². The van der Waals surface area contributed by atoms with E-state index in [2.05, 4.69) is 50.8 Å². The highest BCUT2D eigenvalue weighted by atomic mass is 16.3. The van der Waals surface area contributed by atoms with Gasteiger partial charge >= 0.3 is 0 Å². The first-order valence-electron chi connectivity index (χ1n) is 20.7. The molecule has 0 spiro atoms. The van der Waals surface area contributed by atoms with Crippen LogP contribution >= 0.6 is 0 Å². The molecule has 54 heavy (non-hydrogen) atoms. The smallest absolute Gasteiger partial charge is 0.193 e. The number of fused-ring (bicyclic) bond motifs is 10. The van der Waals surface area contributed by atoms with Crippen molar-refractivity contribution in [2.45, 2.75) is 116 Å². The van der Waals surface area contributed by atoms with Crippen molar-refractivity contribution in [3.63, 3.8) is 0 Å². The van der Waals surface area contributed by atoms with Crippen LogP contribution in [0.25, 0.3) is 11.1 Å². The van der Waals surface area contributed by atoms with Gasteiger partial charge < -0.3 is 20.4 Å². The monoisotopic (exact) mass is 733 g/mol. The van der Waals surface area contributed by atoms with Crippen molar-refractivity contribution in [1.82, 2.24) is 4.90 Å². The number of aliphatic hydroxyl groups is 4. The molecule has 4 saturated carbocycles. The number of benzene rings is 3. The summed E-state index contributed by atoms with van der Waals surface area (Å²) in [6, 6.07) is 24.1. The van der Waals surface area contributed by atoms with Crippen LogP contribution in [0.2, 0.25) is 0 Å². The van der Waals surface area contributed by atoms with Crippen molar-refractivity contribution >= 4 is 5.78 Å². The largest absolute Gasteiger partial charge is 0.394 e. The molecule has 6 aliphatic carbocycles. The van der Waals surface area contributed by atoms with Gasteiger partial charge in [-0.15, -0.1) is 0 Å². The molecule has 4 bridgehead atoms. The van der Waals surface area contributed by atoms with Gasteiger partial charge in [0.15, 0.2) is 5.78 Å². The predicted molar refractivity (Wildman–Crippen MR) is 216 cm³/mol. The third-order valence-electron chi connectivity index (χ3n) is 14.8. The fourth-order valence-corrected chi connectivity index (χ4v) is 11.3. The van der Waals surface area contributed by atoms with E-state index >= 15 is 4.79 Å². The third-order valence-corrected chi connectivity index (χ3v) is 14.8. The summed E-state index contributed by atoms with van der Waals surface area (Å²) < 4.78 is 0. The van der Waals surface area contributed by atoms with Crippen LogP contribution in [0.3, 0.4) is 0 Å². The van der Waals surface area contributed by atoms with Gasteiger partial charge in [0, 0.05) is 36.2 Å². The second-order valence-corrected chi connectivity index (χ2v) is 18.4. The lowest BCUT2D eigenvalue weighted by molar-refractivity contribution is -0.126. The van der Waals surface area contributed by atoms with Crippen LogP contribution in [0, 0.1) is 28.6 Å². The minimum atomic E-state index is -1.09. The Labute approximate surface area is 323 Å². The molecule has 6 heteroatoms. The fourth-order valence-electron chi connectivity index (χ4n) is 11.3. The number of nitrogens with zero attached hydrogens (tertiary/aromatic N) is 1. The highest BCUT2D eigenvalue weighted by Gasteiger charge is 2.58. The minimum Gasteiger partial charge on any atom is -0.394 e. The number of aliphatic hydroxyl groups excluding tert-OH is 3.